The second-order valence-corrected chi connectivity index (χ2v) is 6.33. The molecule has 0 amide bonds. The molecule has 5 rings (SSSR count). The Labute approximate surface area is 163 Å². The molecule has 0 atom stereocenters. The van der Waals surface area contributed by atoms with E-state index in [9.17, 15) is 0 Å². The summed E-state index contributed by atoms with van der Waals surface area (Å²) in [4.78, 5) is 17.4. The zero-order valence-corrected chi connectivity index (χ0v) is 15.9. The van der Waals surface area contributed by atoms with Crippen molar-refractivity contribution >= 4 is 0 Å². The third-order valence-corrected chi connectivity index (χ3v) is 4.29. The van der Waals surface area contributed by atoms with Gasteiger partial charge in [-0.2, -0.15) is 26.7 Å². The van der Waals surface area contributed by atoms with Gasteiger partial charge < -0.3 is 39.2 Å². The summed E-state index contributed by atoms with van der Waals surface area (Å²) in [5.41, 5.74) is 0. The summed E-state index contributed by atoms with van der Waals surface area (Å²) in [6.07, 6.45) is 16.8. The third-order valence-electron chi connectivity index (χ3n) is 4.29. The molecule has 5 aliphatic rings. The van der Waals surface area contributed by atoms with Crippen LogP contribution in [0.25, 0.3) is 0 Å². The molecule has 9 heteroatoms. The summed E-state index contributed by atoms with van der Waals surface area (Å²) < 4.78 is 0. The van der Waals surface area contributed by atoms with Gasteiger partial charge in [-0.1, -0.05) is 0 Å². The maximum Gasteiger partial charge on any atom is 4.00 e. The molecule has 25 heavy (non-hydrogen) atoms. The minimum Gasteiger partial charge on any atom is -0.494 e. The van der Waals surface area contributed by atoms with Gasteiger partial charge in [0.2, 0.25) is 0 Å². The van der Waals surface area contributed by atoms with Crippen LogP contribution in [-0.4, -0.2) is 65.9 Å². The zero-order valence-electron chi connectivity index (χ0n) is 13.7. The van der Waals surface area contributed by atoms with E-state index in [2.05, 4.69) is 115 Å². The third kappa shape index (κ3) is 3.54. The van der Waals surface area contributed by atoms with E-state index in [1.165, 1.54) is 0 Å². The number of hydrogen-bond donors (Lipinski definition) is 0. The summed E-state index contributed by atoms with van der Waals surface area (Å²) >= 11 is 0. The first kappa shape index (κ1) is 16.5. The van der Waals surface area contributed by atoms with Gasteiger partial charge in [-0.15, -0.1) is 0 Å². The number of hydrogen-bond acceptors (Lipinski definition) is 8. The van der Waals surface area contributed by atoms with E-state index >= 15 is 0 Å². The molecule has 0 aromatic carbocycles. The van der Waals surface area contributed by atoms with Crippen molar-refractivity contribution in [3.05, 3.63) is 76.3 Å². The van der Waals surface area contributed by atoms with Crippen LogP contribution in [0.2, 0.25) is 0 Å². The van der Waals surface area contributed by atoms with E-state index in [4.69, 9.17) is 0 Å². The average molecular weight is 519 g/mol. The Morgan fingerprint density at radius 3 is 0.680 bits per heavy atom. The van der Waals surface area contributed by atoms with Crippen LogP contribution in [-0.2, 0) is 21.1 Å². The van der Waals surface area contributed by atoms with Gasteiger partial charge in [0, 0.05) is 26.7 Å². The van der Waals surface area contributed by atoms with Crippen LogP contribution >= 0.6 is 0 Å². The van der Waals surface area contributed by atoms with Crippen molar-refractivity contribution in [3.8, 4) is 0 Å². The Kier molecular flexibility index (Phi) is 4.46. The summed E-state index contributed by atoms with van der Waals surface area (Å²) in [6, 6.07) is 0. The summed E-state index contributed by atoms with van der Waals surface area (Å²) in [5, 5.41) is 0. The molecule has 1 fully saturated rings. The van der Waals surface area contributed by atoms with Crippen LogP contribution in [0.15, 0.2) is 49.6 Å². The quantitative estimate of drug-likeness (QED) is 0.431. The first-order chi connectivity index (χ1) is 11.8. The molecular formula is C16H20N8Pt. The first-order valence-electron chi connectivity index (χ1n) is 7.99. The van der Waals surface area contributed by atoms with Crippen LogP contribution in [0.5, 0.6) is 0 Å². The molecule has 1 saturated heterocycles. The standard InChI is InChI=1S/C16H20N8.Pt/c1-2-18-9-17(1)13-19-3-4-21(10-19)15-23-7-8-24(12-23)16-22-6-5-20(11-22)14-18;/h1-12H,13-16H2;/q-4;+4. The van der Waals surface area contributed by atoms with Crippen molar-refractivity contribution in [2.24, 2.45) is 0 Å². The van der Waals surface area contributed by atoms with Gasteiger partial charge in [-0.3, -0.25) is 0 Å². The summed E-state index contributed by atoms with van der Waals surface area (Å²) in [5.74, 6) is 0. The molecule has 0 aromatic rings. The normalized spacial score (nSPS) is 24.3. The molecule has 8 nitrogen and oxygen atoms in total. The second kappa shape index (κ2) is 6.75. The predicted octanol–water partition coefficient (Wildman–Crippen LogP) is 0.660. The van der Waals surface area contributed by atoms with Gasteiger partial charge in [-0.25, -0.2) is 0 Å². The van der Waals surface area contributed by atoms with Crippen molar-refractivity contribution in [1.82, 2.24) is 39.2 Å². The Balaban J connectivity index is 0.00000157. The van der Waals surface area contributed by atoms with Gasteiger partial charge in [0.25, 0.3) is 0 Å². The van der Waals surface area contributed by atoms with Crippen molar-refractivity contribution in [3.63, 3.8) is 0 Å². The summed E-state index contributed by atoms with van der Waals surface area (Å²) in [6.45, 7) is 11.7. The molecule has 0 aromatic heterocycles. The van der Waals surface area contributed by atoms with Crippen molar-refractivity contribution in [1.29, 1.82) is 0 Å². The largest absolute Gasteiger partial charge is 4.00 e. The van der Waals surface area contributed by atoms with E-state index in [1.807, 2.05) is 0 Å². The average Bonchev–Trinajstić information content (AvgIpc) is 3.32. The molecule has 0 N–H and O–H groups in total. The monoisotopic (exact) mass is 519 g/mol. The van der Waals surface area contributed by atoms with Crippen LogP contribution in [0.1, 0.15) is 0 Å². The minimum absolute atomic E-state index is 0. The topological polar surface area (TPSA) is 25.9 Å². The molecule has 0 saturated carbocycles. The molecule has 0 aliphatic carbocycles. The van der Waals surface area contributed by atoms with Crippen molar-refractivity contribution in [2.45, 2.75) is 0 Å². The van der Waals surface area contributed by atoms with E-state index in [0.29, 0.717) is 0 Å². The maximum absolute atomic E-state index is 2.18. The van der Waals surface area contributed by atoms with Gasteiger partial charge in [0.15, 0.2) is 0 Å². The van der Waals surface area contributed by atoms with E-state index in [1.54, 1.807) is 0 Å². The Morgan fingerprint density at radius 2 is 0.520 bits per heavy atom. The molecule has 8 bridgehead atoms. The molecule has 134 valence electrons. The van der Waals surface area contributed by atoms with Crippen LogP contribution in [0, 0.1) is 26.7 Å². The minimum atomic E-state index is 0. The van der Waals surface area contributed by atoms with Gasteiger partial charge in [0.05, 0.1) is 0 Å². The number of nitrogens with zero attached hydrogens (tertiary/aromatic N) is 8. The van der Waals surface area contributed by atoms with E-state index in [-0.39, 0.29) is 21.1 Å². The second-order valence-electron chi connectivity index (χ2n) is 6.33. The van der Waals surface area contributed by atoms with E-state index in [0.717, 1.165) is 26.7 Å². The molecule has 5 heterocycles. The number of fused-ring (bicyclic) bond motifs is 8. The van der Waals surface area contributed by atoms with Crippen LogP contribution in [0.4, 0.5) is 0 Å². The molecule has 0 unspecified atom stereocenters. The molecular weight excluding hydrogens is 499 g/mol. The fourth-order valence-corrected chi connectivity index (χ4v) is 3.18. The van der Waals surface area contributed by atoms with Gasteiger partial charge in [-0.05, 0) is 49.6 Å². The molecule has 0 spiro atoms. The Hall–Kier alpha value is -1.95. The fourth-order valence-electron chi connectivity index (χ4n) is 3.18. The van der Waals surface area contributed by atoms with Crippen LogP contribution in [0.3, 0.4) is 0 Å². The first-order valence-corrected chi connectivity index (χ1v) is 7.99. The molecule has 0 radical (unpaired) electrons. The SMILES string of the molecule is C1=CN2[CH-]N1CN1C=CN([CH-]1)CN1C=CN([CH-]1)CN1C=CN([CH-]1)C2.[Pt+4]. The fraction of sp³-hybridized carbons (Fsp3) is 0.250. The Morgan fingerprint density at radius 1 is 0.360 bits per heavy atom. The van der Waals surface area contributed by atoms with Gasteiger partial charge in [0.1, 0.15) is 0 Å². The number of rotatable bonds is 0. The predicted molar refractivity (Wildman–Crippen MR) is 87.9 cm³/mol. The van der Waals surface area contributed by atoms with Crippen LogP contribution < -0.4 is 0 Å². The zero-order chi connectivity index (χ0) is 15.9. The summed E-state index contributed by atoms with van der Waals surface area (Å²) in [7, 11) is 0. The van der Waals surface area contributed by atoms with Crippen molar-refractivity contribution in [2.75, 3.05) is 26.7 Å². The van der Waals surface area contributed by atoms with E-state index < -0.39 is 0 Å². The molecule has 5 aliphatic heterocycles. The smallest absolute Gasteiger partial charge is 0.494 e. The Bertz CT molecular complexity index is 461. The van der Waals surface area contributed by atoms with Crippen molar-refractivity contribution < 1.29 is 21.1 Å². The van der Waals surface area contributed by atoms with Gasteiger partial charge >= 0.3 is 21.1 Å². The maximum atomic E-state index is 2.18.